The van der Waals surface area contributed by atoms with Crippen LogP contribution in [0.4, 0.5) is 11.4 Å². The van der Waals surface area contributed by atoms with E-state index in [1.165, 1.54) is 24.3 Å². The number of carbonyl (C=O) groups excluding carboxylic acids is 2. The van der Waals surface area contributed by atoms with Crippen molar-refractivity contribution in [3.05, 3.63) is 94.0 Å². The van der Waals surface area contributed by atoms with Gasteiger partial charge in [0.1, 0.15) is 5.75 Å². The van der Waals surface area contributed by atoms with Crippen LogP contribution in [0.25, 0.3) is 0 Å². The Bertz CT molecular complexity index is 1060. The topological polar surface area (TPSA) is 108 Å². The Morgan fingerprint density at radius 1 is 0.967 bits per heavy atom. The smallest absolute Gasteiger partial charge is 0.343 e. The van der Waals surface area contributed by atoms with E-state index in [2.05, 4.69) is 5.32 Å². The second kappa shape index (κ2) is 9.33. The minimum Gasteiger partial charge on any atom is -0.487 e. The molecule has 3 rings (SSSR count). The molecule has 8 heteroatoms. The van der Waals surface area contributed by atoms with Crippen LogP contribution in [-0.4, -0.2) is 23.4 Å². The summed E-state index contributed by atoms with van der Waals surface area (Å²) in [4.78, 5) is 35.1. The molecule has 1 amide bonds. The van der Waals surface area contributed by atoms with Crippen LogP contribution in [0.3, 0.4) is 0 Å². The fourth-order valence-electron chi connectivity index (χ4n) is 2.63. The molecular formula is C22H18N2O6. The molecule has 8 nitrogen and oxygen atoms in total. The molecule has 0 atom stereocenters. The van der Waals surface area contributed by atoms with Crippen molar-refractivity contribution < 1.29 is 24.0 Å². The number of anilines is 1. The van der Waals surface area contributed by atoms with E-state index in [1.807, 2.05) is 6.07 Å². The van der Waals surface area contributed by atoms with Gasteiger partial charge in [-0.2, -0.15) is 0 Å². The Hall–Kier alpha value is -4.20. The molecule has 0 aromatic heterocycles. The lowest BCUT2D eigenvalue weighted by molar-refractivity contribution is -0.385. The fourth-order valence-corrected chi connectivity index (χ4v) is 2.63. The van der Waals surface area contributed by atoms with E-state index in [0.29, 0.717) is 11.3 Å². The number of esters is 1. The second-order valence-electron chi connectivity index (χ2n) is 6.11. The number of hydrogen-bond acceptors (Lipinski definition) is 6. The molecular weight excluding hydrogens is 388 g/mol. The zero-order chi connectivity index (χ0) is 21.5. The largest absolute Gasteiger partial charge is 0.487 e. The van der Waals surface area contributed by atoms with Crippen LogP contribution in [0.15, 0.2) is 72.8 Å². The third-order valence-electron chi connectivity index (χ3n) is 4.05. The molecule has 0 bridgehead atoms. The molecule has 3 aromatic rings. The summed E-state index contributed by atoms with van der Waals surface area (Å²) in [6, 6.07) is 18.8. The number of rotatable bonds is 7. The summed E-state index contributed by atoms with van der Waals surface area (Å²) < 4.78 is 10.5. The van der Waals surface area contributed by atoms with E-state index in [9.17, 15) is 19.7 Å². The zero-order valence-electron chi connectivity index (χ0n) is 16.0. The predicted octanol–water partition coefficient (Wildman–Crippen LogP) is 4.47. The first-order chi connectivity index (χ1) is 14.5. The lowest BCUT2D eigenvalue weighted by atomic mass is 10.2. The van der Waals surface area contributed by atoms with Gasteiger partial charge in [-0.05, 0) is 55.5 Å². The molecule has 152 valence electrons. The highest BCUT2D eigenvalue weighted by atomic mass is 16.6. The molecule has 0 radical (unpaired) electrons. The van der Waals surface area contributed by atoms with Gasteiger partial charge in [0.25, 0.3) is 5.91 Å². The molecule has 30 heavy (non-hydrogen) atoms. The number of nitro benzene ring substituents is 1. The van der Waals surface area contributed by atoms with Gasteiger partial charge in [-0.15, -0.1) is 0 Å². The number of nitro groups is 1. The zero-order valence-corrected chi connectivity index (χ0v) is 16.0. The maximum Gasteiger partial charge on any atom is 0.343 e. The van der Waals surface area contributed by atoms with E-state index in [0.717, 1.165) is 6.07 Å². The summed E-state index contributed by atoms with van der Waals surface area (Å²) in [6.45, 7) is 1.97. The molecule has 0 aliphatic carbocycles. The van der Waals surface area contributed by atoms with Crippen LogP contribution in [0.5, 0.6) is 11.5 Å². The van der Waals surface area contributed by atoms with Crippen LogP contribution in [-0.2, 0) is 0 Å². The Morgan fingerprint density at radius 3 is 2.30 bits per heavy atom. The first kappa shape index (κ1) is 20.5. The third kappa shape index (κ3) is 4.99. The van der Waals surface area contributed by atoms with Gasteiger partial charge in [0.2, 0.25) is 0 Å². The molecule has 0 saturated carbocycles. The molecule has 0 heterocycles. The van der Waals surface area contributed by atoms with Crippen LogP contribution in [0.2, 0.25) is 0 Å². The van der Waals surface area contributed by atoms with Gasteiger partial charge < -0.3 is 14.8 Å². The van der Waals surface area contributed by atoms with Crippen molar-refractivity contribution >= 4 is 23.3 Å². The minimum atomic E-state index is -0.748. The van der Waals surface area contributed by atoms with Crippen LogP contribution in [0, 0.1) is 10.1 Å². The summed E-state index contributed by atoms with van der Waals surface area (Å²) in [6.07, 6.45) is 0. The van der Waals surface area contributed by atoms with Gasteiger partial charge in [-0.3, -0.25) is 14.9 Å². The SMILES string of the molecule is CCOc1ccc(C(=O)Oc2ccc(NC(=O)c3ccccc3)cc2)cc1[N+](=O)[O-]. The molecule has 0 unspecified atom stereocenters. The van der Waals surface area contributed by atoms with E-state index in [4.69, 9.17) is 9.47 Å². The van der Waals surface area contributed by atoms with Gasteiger partial charge in [0.05, 0.1) is 17.1 Å². The highest BCUT2D eigenvalue weighted by Gasteiger charge is 2.19. The fraction of sp³-hybridized carbons (Fsp3) is 0.0909. The number of nitrogens with zero attached hydrogens (tertiary/aromatic N) is 1. The highest BCUT2D eigenvalue weighted by molar-refractivity contribution is 6.04. The monoisotopic (exact) mass is 406 g/mol. The number of ether oxygens (including phenoxy) is 2. The number of amides is 1. The van der Waals surface area contributed by atoms with Gasteiger partial charge in [0.15, 0.2) is 5.75 Å². The first-order valence-electron chi connectivity index (χ1n) is 9.08. The van der Waals surface area contributed by atoms with Crippen molar-refractivity contribution in [2.75, 3.05) is 11.9 Å². The van der Waals surface area contributed by atoms with Crippen molar-refractivity contribution in [3.63, 3.8) is 0 Å². The lowest BCUT2D eigenvalue weighted by Gasteiger charge is -2.08. The number of carbonyl (C=O) groups is 2. The Kier molecular flexibility index (Phi) is 6.39. The molecule has 1 N–H and O–H groups in total. The van der Waals surface area contributed by atoms with Crippen molar-refractivity contribution in [2.24, 2.45) is 0 Å². The predicted molar refractivity (Wildman–Crippen MR) is 110 cm³/mol. The van der Waals surface area contributed by atoms with Crippen LogP contribution < -0.4 is 14.8 Å². The van der Waals surface area contributed by atoms with Gasteiger partial charge in [0, 0.05) is 17.3 Å². The third-order valence-corrected chi connectivity index (χ3v) is 4.05. The first-order valence-corrected chi connectivity index (χ1v) is 9.08. The Morgan fingerprint density at radius 2 is 1.67 bits per heavy atom. The molecule has 0 saturated heterocycles. The molecule has 3 aromatic carbocycles. The van der Waals surface area contributed by atoms with E-state index < -0.39 is 10.9 Å². The number of nitrogens with one attached hydrogen (secondary N) is 1. The van der Waals surface area contributed by atoms with Gasteiger partial charge >= 0.3 is 11.7 Å². The van der Waals surface area contributed by atoms with E-state index in [-0.39, 0.29) is 35.3 Å². The Labute approximate surface area is 172 Å². The lowest BCUT2D eigenvalue weighted by Crippen LogP contribution is -2.12. The van der Waals surface area contributed by atoms with Crippen molar-refractivity contribution in [3.8, 4) is 11.5 Å². The van der Waals surface area contributed by atoms with Crippen molar-refractivity contribution in [1.29, 1.82) is 0 Å². The maximum absolute atomic E-state index is 12.4. The van der Waals surface area contributed by atoms with E-state index in [1.54, 1.807) is 43.3 Å². The average molecular weight is 406 g/mol. The highest BCUT2D eigenvalue weighted by Crippen LogP contribution is 2.28. The normalized spacial score (nSPS) is 10.2. The molecule has 0 aliphatic rings. The van der Waals surface area contributed by atoms with Crippen LogP contribution in [0.1, 0.15) is 27.6 Å². The van der Waals surface area contributed by atoms with Gasteiger partial charge in [-0.1, -0.05) is 18.2 Å². The van der Waals surface area contributed by atoms with Crippen molar-refractivity contribution in [1.82, 2.24) is 0 Å². The standard InChI is InChI=1S/C22H18N2O6/c1-2-29-20-13-8-16(14-19(20)24(27)28)22(26)30-18-11-9-17(10-12-18)23-21(25)15-6-4-3-5-7-15/h3-14H,2H2,1H3,(H,23,25). The minimum absolute atomic E-state index is 0.0200. The second-order valence-corrected chi connectivity index (χ2v) is 6.11. The molecule has 0 spiro atoms. The summed E-state index contributed by atoms with van der Waals surface area (Å²) >= 11 is 0. The quantitative estimate of drug-likeness (QED) is 0.269. The van der Waals surface area contributed by atoms with Crippen LogP contribution >= 0.6 is 0 Å². The molecule has 0 aliphatic heterocycles. The summed E-state index contributed by atoms with van der Waals surface area (Å²) in [5, 5.41) is 13.9. The summed E-state index contributed by atoms with van der Waals surface area (Å²) in [5.74, 6) is -0.698. The average Bonchev–Trinajstić information content (AvgIpc) is 2.76. The molecule has 0 fully saturated rings. The van der Waals surface area contributed by atoms with Gasteiger partial charge in [-0.25, -0.2) is 4.79 Å². The number of benzene rings is 3. The number of hydrogen-bond donors (Lipinski definition) is 1. The maximum atomic E-state index is 12.4. The van der Waals surface area contributed by atoms with Crippen molar-refractivity contribution in [2.45, 2.75) is 6.92 Å². The van der Waals surface area contributed by atoms with E-state index >= 15 is 0 Å². The summed E-state index contributed by atoms with van der Waals surface area (Å²) in [7, 11) is 0. The Balaban J connectivity index is 1.68. The summed E-state index contributed by atoms with van der Waals surface area (Å²) in [5.41, 5.74) is 0.752.